The second-order valence-corrected chi connectivity index (χ2v) is 5.98. The van der Waals surface area contributed by atoms with Crippen LogP contribution in [0.3, 0.4) is 0 Å². The number of para-hydroxylation sites is 1. The number of benzene rings is 2. The van der Waals surface area contributed by atoms with Crippen molar-refractivity contribution in [2.75, 3.05) is 0 Å². The molecular weight excluding hydrogens is 302 g/mol. The summed E-state index contributed by atoms with van der Waals surface area (Å²) in [5, 5.41) is 0.480. The van der Waals surface area contributed by atoms with E-state index in [0.717, 1.165) is 5.56 Å². The fraction of sp³-hybridized carbons (Fsp3) is 0.200. The van der Waals surface area contributed by atoms with Gasteiger partial charge in [0.25, 0.3) is 5.91 Å². The number of carbonyl (C=O) groups is 1. The SMILES string of the molecule is CC(C)N(Cc1ccccc1)C(=O)c1cc(=O)c2ccccc2o1. The molecule has 0 unspecified atom stereocenters. The molecule has 0 saturated carbocycles. The molecule has 0 fully saturated rings. The van der Waals surface area contributed by atoms with Crippen LogP contribution in [0.15, 0.2) is 69.9 Å². The van der Waals surface area contributed by atoms with Gasteiger partial charge in [0, 0.05) is 18.7 Å². The molecule has 122 valence electrons. The Morgan fingerprint density at radius 2 is 1.71 bits per heavy atom. The third kappa shape index (κ3) is 3.23. The molecule has 4 nitrogen and oxygen atoms in total. The Kier molecular flexibility index (Phi) is 4.47. The van der Waals surface area contributed by atoms with E-state index in [-0.39, 0.29) is 23.1 Å². The third-order valence-corrected chi connectivity index (χ3v) is 3.93. The summed E-state index contributed by atoms with van der Waals surface area (Å²) in [6.07, 6.45) is 0. The van der Waals surface area contributed by atoms with Gasteiger partial charge in [0.15, 0.2) is 11.2 Å². The van der Waals surface area contributed by atoms with E-state index in [0.29, 0.717) is 17.5 Å². The first-order valence-corrected chi connectivity index (χ1v) is 7.94. The van der Waals surface area contributed by atoms with Gasteiger partial charge in [-0.3, -0.25) is 9.59 Å². The Balaban J connectivity index is 1.97. The molecule has 2 aromatic carbocycles. The number of hydrogen-bond acceptors (Lipinski definition) is 3. The summed E-state index contributed by atoms with van der Waals surface area (Å²) in [5.41, 5.74) is 1.25. The molecule has 0 saturated heterocycles. The Morgan fingerprint density at radius 1 is 1.04 bits per heavy atom. The van der Waals surface area contributed by atoms with Gasteiger partial charge in [-0.25, -0.2) is 0 Å². The fourth-order valence-corrected chi connectivity index (χ4v) is 2.62. The van der Waals surface area contributed by atoms with Gasteiger partial charge >= 0.3 is 0 Å². The van der Waals surface area contributed by atoms with Crippen LogP contribution in [0.4, 0.5) is 0 Å². The molecule has 0 N–H and O–H groups in total. The average molecular weight is 321 g/mol. The van der Waals surface area contributed by atoms with Crippen LogP contribution < -0.4 is 5.43 Å². The molecule has 0 aliphatic carbocycles. The lowest BCUT2D eigenvalue weighted by Gasteiger charge is -2.26. The summed E-state index contributed by atoms with van der Waals surface area (Å²) in [6.45, 7) is 4.36. The second-order valence-electron chi connectivity index (χ2n) is 5.98. The Bertz CT molecular complexity index is 913. The standard InChI is InChI=1S/C20H19NO3/c1-14(2)21(13-15-8-4-3-5-9-15)20(23)19-12-17(22)16-10-6-7-11-18(16)24-19/h3-12,14H,13H2,1-2H3. The number of rotatable bonds is 4. The lowest BCUT2D eigenvalue weighted by molar-refractivity contribution is 0.0658. The second kappa shape index (κ2) is 6.71. The number of hydrogen-bond donors (Lipinski definition) is 0. The van der Waals surface area contributed by atoms with Crippen LogP contribution >= 0.6 is 0 Å². The zero-order chi connectivity index (χ0) is 17.1. The van der Waals surface area contributed by atoms with Crippen LogP contribution in [0.1, 0.15) is 30.0 Å². The predicted molar refractivity (Wildman–Crippen MR) is 93.9 cm³/mol. The van der Waals surface area contributed by atoms with E-state index < -0.39 is 0 Å². The number of fused-ring (bicyclic) bond motifs is 1. The maximum absolute atomic E-state index is 12.9. The van der Waals surface area contributed by atoms with Crippen molar-refractivity contribution in [2.24, 2.45) is 0 Å². The van der Waals surface area contributed by atoms with E-state index in [2.05, 4.69) is 0 Å². The Morgan fingerprint density at radius 3 is 2.42 bits per heavy atom. The highest BCUT2D eigenvalue weighted by atomic mass is 16.3. The molecule has 3 rings (SSSR count). The molecule has 1 aromatic heterocycles. The molecule has 4 heteroatoms. The maximum Gasteiger partial charge on any atom is 0.290 e. The molecular formula is C20H19NO3. The van der Waals surface area contributed by atoms with Crippen molar-refractivity contribution in [3.63, 3.8) is 0 Å². The van der Waals surface area contributed by atoms with Crippen molar-refractivity contribution in [2.45, 2.75) is 26.4 Å². The van der Waals surface area contributed by atoms with Crippen LogP contribution in [0.25, 0.3) is 11.0 Å². The van der Waals surface area contributed by atoms with Gasteiger partial charge in [0.05, 0.1) is 5.39 Å². The molecule has 3 aromatic rings. The Hall–Kier alpha value is -2.88. The van der Waals surface area contributed by atoms with Gasteiger partial charge in [0.2, 0.25) is 0 Å². The quantitative estimate of drug-likeness (QED) is 0.733. The van der Waals surface area contributed by atoms with Gasteiger partial charge in [-0.1, -0.05) is 42.5 Å². The molecule has 24 heavy (non-hydrogen) atoms. The molecule has 0 atom stereocenters. The summed E-state index contributed by atoms with van der Waals surface area (Å²) >= 11 is 0. The van der Waals surface area contributed by atoms with Crippen molar-refractivity contribution in [1.82, 2.24) is 4.90 Å². The highest BCUT2D eigenvalue weighted by Crippen LogP contribution is 2.16. The fourth-order valence-electron chi connectivity index (χ4n) is 2.62. The van der Waals surface area contributed by atoms with E-state index in [1.807, 2.05) is 44.2 Å². The highest BCUT2D eigenvalue weighted by Gasteiger charge is 2.22. The van der Waals surface area contributed by atoms with E-state index >= 15 is 0 Å². The molecule has 0 aliphatic rings. The van der Waals surface area contributed by atoms with E-state index in [9.17, 15) is 9.59 Å². The minimum atomic E-state index is -0.281. The van der Waals surface area contributed by atoms with Crippen LogP contribution in [0.2, 0.25) is 0 Å². The predicted octanol–water partition coefficient (Wildman–Crippen LogP) is 3.84. The smallest absolute Gasteiger partial charge is 0.290 e. The highest BCUT2D eigenvalue weighted by molar-refractivity contribution is 5.93. The number of amides is 1. The van der Waals surface area contributed by atoms with E-state index in [1.165, 1.54) is 6.07 Å². The van der Waals surface area contributed by atoms with Gasteiger partial charge < -0.3 is 9.32 Å². The summed E-state index contributed by atoms with van der Waals surface area (Å²) in [4.78, 5) is 26.8. The first-order valence-electron chi connectivity index (χ1n) is 7.94. The lowest BCUT2D eigenvalue weighted by Crippen LogP contribution is -2.36. The molecule has 0 aliphatic heterocycles. The molecule has 0 bridgehead atoms. The van der Waals surface area contributed by atoms with Crippen LogP contribution in [0, 0.1) is 0 Å². The van der Waals surface area contributed by atoms with E-state index in [1.54, 1.807) is 29.2 Å². The maximum atomic E-state index is 12.9. The molecule has 1 heterocycles. The van der Waals surface area contributed by atoms with Crippen molar-refractivity contribution in [3.8, 4) is 0 Å². The Labute approximate surface area is 140 Å². The first-order chi connectivity index (χ1) is 11.6. The third-order valence-electron chi connectivity index (χ3n) is 3.93. The van der Waals surface area contributed by atoms with Crippen molar-refractivity contribution in [1.29, 1.82) is 0 Å². The molecule has 1 amide bonds. The average Bonchev–Trinajstić information content (AvgIpc) is 2.60. The van der Waals surface area contributed by atoms with Crippen LogP contribution in [0.5, 0.6) is 0 Å². The van der Waals surface area contributed by atoms with Crippen molar-refractivity contribution < 1.29 is 9.21 Å². The van der Waals surface area contributed by atoms with Crippen molar-refractivity contribution >= 4 is 16.9 Å². The minimum Gasteiger partial charge on any atom is -0.451 e. The zero-order valence-corrected chi connectivity index (χ0v) is 13.7. The summed E-state index contributed by atoms with van der Waals surface area (Å²) in [7, 11) is 0. The van der Waals surface area contributed by atoms with E-state index in [4.69, 9.17) is 4.42 Å². The summed E-state index contributed by atoms with van der Waals surface area (Å²) in [5.74, 6) is -0.208. The van der Waals surface area contributed by atoms with Crippen molar-refractivity contribution in [3.05, 3.63) is 82.2 Å². The normalized spacial score (nSPS) is 11.0. The summed E-state index contributed by atoms with van der Waals surface area (Å²) in [6, 6.07) is 18.0. The van der Waals surface area contributed by atoms with Gasteiger partial charge in [-0.15, -0.1) is 0 Å². The number of nitrogens with zero attached hydrogens (tertiary/aromatic N) is 1. The largest absolute Gasteiger partial charge is 0.451 e. The van der Waals surface area contributed by atoms with Gasteiger partial charge in [-0.2, -0.15) is 0 Å². The topological polar surface area (TPSA) is 50.5 Å². The zero-order valence-electron chi connectivity index (χ0n) is 13.7. The monoisotopic (exact) mass is 321 g/mol. The molecule has 0 spiro atoms. The van der Waals surface area contributed by atoms with Gasteiger partial charge in [0.1, 0.15) is 5.58 Å². The van der Waals surface area contributed by atoms with Crippen LogP contribution in [-0.2, 0) is 6.54 Å². The lowest BCUT2D eigenvalue weighted by atomic mass is 10.1. The number of carbonyl (C=O) groups excluding carboxylic acids is 1. The van der Waals surface area contributed by atoms with Gasteiger partial charge in [-0.05, 0) is 31.5 Å². The minimum absolute atomic E-state index is 0.0190. The van der Waals surface area contributed by atoms with Crippen LogP contribution in [-0.4, -0.2) is 16.8 Å². The molecule has 0 radical (unpaired) electrons. The summed E-state index contributed by atoms with van der Waals surface area (Å²) < 4.78 is 5.68. The first kappa shape index (κ1) is 16.0.